The maximum Gasteiger partial charge on any atom is 0.416 e. The van der Waals surface area contributed by atoms with Crippen LogP contribution in [0.4, 0.5) is 13.2 Å². The van der Waals surface area contributed by atoms with Crippen molar-refractivity contribution in [3.63, 3.8) is 0 Å². The fraction of sp³-hybridized carbons (Fsp3) is 0.462. The highest BCUT2D eigenvalue weighted by Crippen LogP contribution is 2.30. The minimum Gasteiger partial charge on any atom is -0.362 e. The molecule has 5 heteroatoms. The Hall–Kier alpha value is -1.10. The Morgan fingerprint density at radius 2 is 1.78 bits per heavy atom. The van der Waals surface area contributed by atoms with E-state index in [1.165, 1.54) is 12.5 Å². The topological polar surface area (TPSA) is 3.24 Å². The molecule has 0 saturated carbocycles. The number of nitrogens with zero attached hydrogens (tertiary/aromatic N) is 1. The van der Waals surface area contributed by atoms with Gasteiger partial charge in [-0.25, -0.2) is 0 Å². The lowest BCUT2D eigenvalue weighted by Gasteiger charge is -2.29. The molecule has 0 amide bonds. The molecule has 1 nitrogen and oxygen atoms in total. The number of piperidine rings is 1. The summed E-state index contributed by atoms with van der Waals surface area (Å²) < 4.78 is 37.8. The molecular formula is C13H14F3NS. The van der Waals surface area contributed by atoms with Crippen LogP contribution in [0.5, 0.6) is 0 Å². The number of thiocarbonyl (C=S) groups is 1. The highest BCUT2D eigenvalue weighted by molar-refractivity contribution is 7.80. The predicted octanol–water partition coefficient (Wildman–Crippen LogP) is 3.87. The monoisotopic (exact) mass is 273 g/mol. The fourth-order valence-corrected chi connectivity index (χ4v) is 2.42. The van der Waals surface area contributed by atoms with Crippen molar-refractivity contribution in [3.8, 4) is 0 Å². The summed E-state index contributed by atoms with van der Waals surface area (Å²) in [5.41, 5.74) is -0.152. The van der Waals surface area contributed by atoms with Crippen LogP contribution in [0, 0.1) is 0 Å². The number of hydrogen-bond acceptors (Lipinski definition) is 1. The smallest absolute Gasteiger partial charge is 0.362 e. The van der Waals surface area contributed by atoms with Gasteiger partial charge in [0.25, 0.3) is 0 Å². The van der Waals surface area contributed by atoms with Gasteiger partial charge in [-0.2, -0.15) is 13.2 Å². The van der Waals surface area contributed by atoms with Gasteiger partial charge in [-0.3, -0.25) is 0 Å². The van der Waals surface area contributed by atoms with Crippen LogP contribution >= 0.6 is 12.2 Å². The van der Waals surface area contributed by atoms with E-state index in [2.05, 4.69) is 0 Å². The lowest BCUT2D eigenvalue weighted by atomic mass is 10.1. The van der Waals surface area contributed by atoms with E-state index in [4.69, 9.17) is 12.2 Å². The molecule has 1 saturated heterocycles. The summed E-state index contributed by atoms with van der Waals surface area (Å²) in [5.74, 6) is 0. The molecule has 18 heavy (non-hydrogen) atoms. The molecule has 0 radical (unpaired) electrons. The summed E-state index contributed by atoms with van der Waals surface area (Å²) in [6.07, 6.45) is -1.03. The summed E-state index contributed by atoms with van der Waals surface area (Å²) in [4.78, 5) is 2.52. The molecule has 2 rings (SSSR count). The molecule has 0 spiro atoms. The zero-order chi connectivity index (χ0) is 13.2. The summed E-state index contributed by atoms with van der Waals surface area (Å²) in [6.45, 7) is 1.68. The molecule has 0 aliphatic carbocycles. The van der Waals surface area contributed by atoms with E-state index in [1.807, 2.05) is 4.90 Å². The predicted molar refractivity (Wildman–Crippen MR) is 68.6 cm³/mol. The Bertz CT molecular complexity index is 436. The molecule has 0 aromatic heterocycles. The standard InChI is InChI=1S/C13H14F3NS/c14-13(15,16)11-6-4-5-10(9-11)12(18)17-7-2-1-3-8-17/h4-6,9H,1-3,7-8H2. The summed E-state index contributed by atoms with van der Waals surface area (Å²) >= 11 is 5.28. The molecule has 98 valence electrons. The van der Waals surface area contributed by atoms with E-state index < -0.39 is 11.7 Å². The Morgan fingerprint density at radius 3 is 2.39 bits per heavy atom. The Morgan fingerprint density at radius 1 is 1.11 bits per heavy atom. The number of benzene rings is 1. The van der Waals surface area contributed by atoms with Gasteiger partial charge in [0.05, 0.1) is 5.56 Å². The third-order valence-electron chi connectivity index (χ3n) is 3.08. The molecule has 1 aromatic rings. The van der Waals surface area contributed by atoms with Gasteiger partial charge in [-0.15, -0.1) is 0 Å². The van der Waals surface area contributed by atoms with Gasteiger partial charge in [-0.05, 0) is 31.4 Å². The zero-order valence-corrected chi connectivity index (χ0v) is 10.7. The Kier molecular flexibility index (Phi) is 3.90. The highest BCUT2D eigenvalue weighted by Gasteiger charge is 2.30. The van der Waals surface area contributed by atoms with Gasteiger partial charge < -0.3 is 4.90 Å². The maximum absolute atomic E-state index is 12.6. The van der Waals surface area contributed by atoms with Gasteiger partial charge in [0.2, 0.25) is 0 Å². The van der Waals surface area contributed by atoms with Crippen LogP contribution < -0.4 is 0 Å². The Balaban J connectivity index is 2.20. The summed E-state index contributed by atoms with van der Waals surface area (Å²) in [6, 6.07) is 5.26. The average molecular weight is 273 g/mol. The van der Waals surface area contributed by atoms with Crippen molar-refractivity contribution >= 4 is 17.2 Å². The minimum absolute atomic E-state index is 0.488. The van der Waals surface area contributed by atoms with Gasteiger partial charge >= 0.3 is 6.18 Å². The van der Waals surface area contributed by atoms with Crippen molar-refractivity contribution in [1.29, 1.82) is 0 Å². The van der Waals surface area contributed by atoms with Crippen LogP contribution in [0.2, 0.25) is 0 Å². The number of hydrogen-bond donors (Lipinski definition) is 0. The van der Waals surface area contributed by atoms with E-state index in [0.29, 0.717) is 10.6 Å². The lowest BCUT2D eigenvalue weighted by Crippen LogP contribution is -2.35. The van der Waals surface area contributed by atoms with Crippen molar-refractivity contribution in [3.05, 3.63) is 35.4 Å². The van der Waals surface area contributed by atoms with Crippen LogP contribution in [0.15, 0.2) is 24.3 Å². The molecule has 1 aliphatic heterocycles. The second-order valence-corrected chi connectivity index (χ2v) is 4.82. The number of likely N-dealkylation sites (tertiary alicyclic amines) is 1. The molecule has 0 N–H and O–H groups in total. The first kappa shape index (κ1) is 13.3. The van der Waals surface area contributed by atoms with E-state index in [1.54, 1.807) is 6.07 Å². The fourth-order valence-electron chi connectivity index (χ4n) is 2.11. The molecule has 0 atom stereocenters. The molecular weight excluding hydrogens is 259 g/mol. The third-order valence-corrected chi connectivity index (χ3v) is 3.57. The van der Waals surface area contributed by atoms with E-state index >= 15 is 0 Å². The lowest BCUT2D eigenvalue weighted by molar-refractivity contribution is -0.137. The van der Waals surface area contributed by atoms with Crippen LogP contribution in [-0.4, -0.2) is 23.0 Å². The zero-order valence-electron chi connectivity index (χ0n) is 9.83. The second-order valence-electron chi connectivity index (χ2n) is 4.43. The quantitative estimate of drug-likeness (QED) is 0.715. The second kappa shape index (κ2) is 5.26. The van der Waals surface area contributed by atoms with E-state index in [0.717, 1.165) is 38.1 Å². The van der Waals surface area contributed by atoms with Crippen molar-refractivity contribution < 1.29 is 13.2 Å². The van der Waals surface area contributed by atoms with Crippen LogP contribution in [-0.2, 0) is 6.18 Å². The van der Waals surface area contributed by atoms with Gasteiger partial charge in [-0.1, -0.05) is 24.4 Å². The van der Waals surface area contributed by atoms with Gasteiger partial charge in [0, 0.05) is 18.7 Å². The number of rotatable bonds is 1. The van der Waals surface area contributed by atoms with E-state index in [9.17, 15) is 13.2 Å². The first-order valence-electron chi connectivity index (χ1n) is 5.95. The minimum atomic E-state index is -4.31. The number of halogens is 3. The summed E-state index contributed by atoms with van der Waals surface area (Å²) in [5, 5.41) is 0. The Labute approximate surface area is 110 Å². The third kappa shape index (κ3) is 3.02. The number of alkyl halides is 3. The van der Waals surface area contributed by atoms with Crippen molar-refractivity contribution in [2.45, 2.75) is 25.4 Å². The largest absolute Gasteiger partial charge is 0.416 e. The molecule has 0 bridgehead atoms. The molecule has 1 heterocycles. The highest BCUT2D eigenvalue weighted by atomic mass is 32.1. The van der Waals surface area contributed by atoms with Crippen LogP contribution in [0.1, 0.15) is 30.4 Å². The normalized spacial score (nSPS) is 16.7. The maximum atomic E-state index is 12.6. The molecule has 1 aromatic carbocycles. The average Bonchev–Trinajstić information content (AvgIpc) is 2.38. The van der Waals surface area contributed by atoms with Crippen molar-refractivity contribution in [1.82, 2.24) is 4.90 Å². The SMILES string of the molecule is FC(F)(F)c1cccc(C(=S)N2CCCCC2)c1. The van der Waals surface area contributed by atoms with Crippen molar-refractivity contribution in [2.75, 3.05) is 13.1 Å². The van der Waals surface area contributed by atoms with Gasteiger partial charge in [0.15, 0.2) is 0 Å². The molecule has 1 aliphatic rings. The van der Waals surface area contributed by atoms with Crippen LogP contribution in [0.3, 0.4) is 0 Å². The van der Waals surface area contributed by atoms with Gasteiger partial charge in [0.1, 0.15) is 4.99 Å². The van der Waals surface area contributed by atoms with Crippen LogP contribution in [0.25, 0.3) is 0 Å². The van der Waals surface area contributed by atoms with E-state index in [-0.39, 0.29) is 0 Å². The molecule has 1 fully saturated rings. The molecule has 0 unspecified atom stereocenters. The van der Waals surface area contributed by atoms with Crippen molar-refractivity contribution in [2.24, 2.45) is 0 Å². The first-order valence-corrected chi connectivity index (χ1v) is 6.36. The first-order chi connectivity index (χ1) is 8.48. The summed E-state index contributed by atoms with van der Waals surface area (Å²) in [7, 11) is 0.